The van der Waals surface area contributed by atoms with Crippen LogP contribution >= 0.6 is 11.3 Å². The zero-order chi connectivity index (χ0) is 16.2. The Hall–Kier alpha value is -2.80. The lowest BCUT2D eigenvalue weighted by Crippen LogP contribution is -2.12. The highest BCUT2D eigenvalue weighted by Crippen LogP contribution is 2.29. The molecule has 0 bridgehead atoms. The van der Waals surface area contributed by atoms with Crippen LogP contribution in [0.2, 0.25) is 0 Å². The van der Waals surface area contributed by atoms with Crippen molar-refractivity contribution in [3.05, 3.63) is 59.9 Å². The van der Waals surface area contributed by atoms with Gasteiger partial charge in [-0.05, 0) is 24.3 Å². The number of ether oxygens (including phenoxy) is 1. The second kappa shape index (κ2) is 6.53. The van der Waals surface area contributed by atoms with Crippen LogP contribution in [0.5, 0.6) is 5.75 Å². The summed E-state index contributed by atoms with van der Waals surface area (Å²) in [7, 11) is 1.49. The van der Waals surface area contributed by atoms with Gasteiger partial charge in [0.05, 0.1) is 12.7 Å². The molecule has 0 aliphatic carbocycles. The Morgan fingerprint density at radius 3 is 2.65 bits per heavy atom. The van der Waals surface area contributed by atoms with Gasteiger partial charge in [0.2, 0.25) is 5.13 Å². The summed E-state index contributed by atoms with van der Waals surface area (Å²) in [6, 6.07) is 13.1. The number of para-hydroxylation sites is 1. The third-order valence-corrected chi connectivity index (χ3v) is 3.97. The first-order valence-electron chi connectivity index (χ1n) is 6.72. The molecule has 0 saturated carbocycles. The minimum Gasteiger partial charge on any atom is -0.496 e. The monoisotopic (exact) mass is 329 g/mol. The molecule has 2 aromatic carbocycles. The lowest BCUT2D eigenvalue weighted by Gasteiger charge is -2.06. The smallest absolute Gasteiger partial charge is 0.261 e. The Kier molecular flexibility index (Phi) is 4.29. The van der Waals surface area contributed by atoms with E-state index >= 15 is 0 Å². The van der Waals surface area contributed by atoms with Gasteiger partial charge in [0.25, 0.3) is 5.91 Å². The molecule has 0 fully saturated rings. The molecule has 0 aliphatic rings. The molecule has 23 heavy (non-hydrogen) atoms. The lowest BCUT2D eigenvalue weighted by molar-refractivity contribution is 0.102. The van der Waals surface area contributed by atoms with Crippen LogP contribution in [0.4, 0.5) is 9.52 Å². The third kappa shape index (κ3) is 3.19. The quantitative estimate of drug-likeness (QED) is 0.794. The maximum absolute atomic E-state index is 13.7. The number of benzene rings is 2. The zero-order valence-corrected chi connectivity index (χ0v) is 12.9. The van der Waals surface area contributed by atoms with Gasteiger partial charge in [0, 0.05) is 5.56 Å². The van der Waals surface area contributed by atoms with E-state index in [1.807, 2.05) is 0 Å². The van der Waals surface area contributed by atoms with Crippen LogP contribution in [0.3, 0.4) is 0 Å². The van der Waals surface area contributed by atoms with Crippen LogP contribution in [0.25, 0.3) is 10.6 Å². The Morgan fingerprint density at radius 1 is 1.13 bits per heavy atom. The van der Waals surface area contributed by atoms with Crippen LogP contribution in [0.15, 0.2) is 48.5 Å². The minimum atomic E-state index is -0.383. The molecule has 5 nitrogen and oxygen atoms in total. The normalized spacial score (nSPS) is 10.3. The van der Waals surface area contributed by atoms with Gasteiger partial charge in [-0.15, -0.1) is 10.2 Å². The van der Waals surface area contributed by atoms with E-state index in [1.165, 1.54) is 13.2 Å². The Bertz CT molecular complexity index is 851. The summed E-state index contributed by atoms with van der Waals surface area (Å²) in [4.78, 5) is 12.3. The number of amides is 1. The second-order valence-corrected chi connectivity index (χ2v) is 5.52. The summed E-state index contributed by atoms with van der Waals surface area (Å²) in [5.74, 6) is -0.284. The molecule has 1 aromatic heterocycles. The van der Waals surface area contributed by atoms with Crippen LogP contribution in [0, 0.1) is 5.82 Å². The Balaban J connectivity index is 1.82. The highest BCUT2D eigenvalue weighted by Gasteiger charge is 2.15. The number of carbonyl (C=O) groups excluding carboxylic acids is 1. The predicted molar refractivity (Wildman–Crippen MR) is 86.3 cm³/mol. The van der Waals surface area contributed by atoms with Crippen LogP contribution in [-0.2, 0) is 0 Å². The van der Waals surface area contributed by atoms with Gasteiger partial charge >= 0.3 is 0 Å². The second-order valence-electron chi connectivity index (χ2n) is 4.55. The lowest BCUT2D eigenvalue weighted by atomic mass is 10.2. The molecule has 0 radical (unpaired) electrons. The zero-order valence-electron chi connectivity index (χ0n) is 12.1. The molecule has 0 spiro atoms. The molecule has 1 heterocycles. The topological polar surface area (TPSA) is 64.1 Å². The summed E-state index contributed by atoms with van der Waals surface area (Å²) < 4.78 is 18.9. The molecule has 7 heteroatoms. The van der Waals surface area contributed by atoms with Crippen LogP contribution < -0.4 is 10.1 Å². The molecule has 0 atom stereocenters. The average molecular weight is 329 g/mol. The summed E-state index contributed by atoms with van der Waals surface area (Å²) >= 11 is 1.10. The fourth-order valence-electron chi connectivity index (χ4n) is 2.01. The number of methoxy groups -OCH3 is 1. The number of halogens is 1. The number of anilines is 1. The van der Waals surface area contributed by atoms with Gasteiger partial charge in [0.15, 0.2) is 5.01 Å². The summed E-state index contributed by atoms with van der Waals surface area (Å²) in [6.07, 6.45) is 0. The molecular formula is C16H12FN3O2S. The first kappa shape index (κ1) is 15.1. The van der Waals surface area contributed by atoms with Crippen molar-refractivity contribution in [1.82, 2.24) is 10.2 Å². The Labute approximate surface area is 135 Å². The minimum absolute atomic E-state index is 0.291. The Morgan fingerprint density at radius 2 is 1.87 bits per heavy atom. The van der Waals surface area contributed by atoms with Crippen molar-refractivity contribution in [1.29, 1.82) is 0 Å². The largest absolute Gasteiger partial charge is 0.496 e. The van der Waals surface area contributed by atoms with E-state index in [4.69, 9.17) is 4.74 Å². The molecule has 116 valence electrons. The van der Waals surface area contributed by atoms with E-state index in [9.17, 15) is 9.18 Å². The van der Waals surface area contributed by atoms with Gasteiger partial charge in [-0.2, -0.15) is 0 Å². The van der Waals surface area contributed by atoms with E-state index < -0.39 is 0 Å². The highest BCUT2D eigenvalue weighted by atomic mass is 32.1. The van der Waals surface area contributed by atoms with E-state index in [1.54, 1.807) is 42.5 Å². The van der Waals surface area contributed by atoms with E-state index in [0.29, 0.717) is 27.0 Å². The van der Waals surface area contributed by atoms with E-state index in [2.05, 4.69) is 15.5 Å². The SMILES string of the molecule is COc1ccccc1C(=O)Nc1nnc(-c2ccccc2F)s1. The third-order valence-electron chi connectivity index (χ3n) is 3.10. The summed E-state index contributed by atoms with van der Waals surface area (Å²) in [5.41, 5.74) is 0.737. The first-order valence-corrected chi connectivity index (χ1v) is 7.53. The van der Waals surface area contributed by atoms with Gasteiger partial charge in [-0.1, -0.05) is 35.6 Å². The fraction of sp³-hybridized carbons (Fsp3) is 0.0625. The van der Waals surface area contributed by atoms with Crippen molar-refractivity contribution in [2.45, 2.75) is 0 Å². The van der Waals surface area contributed by atoms with Crippen molar-refractivity contribution < 1.29 is 13.9 Å². The number of nitrogens with one attached hydrogen (secondary N) is 1. The summed E-state index contributed by atoms with van der Waals surface area (Å²) in [5, 5.41) is 11.1. The van der Waals surface area contributed by atoms with Crippen molar-refractivity contribution in [2.24, 2.45) is 0 Å². The van der Waals surface area contributed by atoms with Gasteiger partial charge < -0.3 is 4.74 Å². The number of hydrogen-bond acceptors (Lipinski definition) is 5. The number of aromatic nitrogens is 2. The maximum atomic E-state index is 13.7. The average Bonchev–Trinajstić information content (AvgIpc) is 3.03. The van der Waals surface area contributed by atoms with Gasteiger partial charge in [-0.3, -0.25) is 10.1 Å². The first-order chi connectivity index (χ1) is 11.2. The molecule has 0 saturated heterocycles. The molecular weight excluding hydrogens is 317 g/mol. The van der Waals surface area contributed by atoms with E-state index in [0.717, 1.165) is 11.3 Å². The maximum Gasteiger partial charge on any atom is 0.261 e. The van der Waals surface area contributed by atoms with Crippen molar-refractivity contribution in [3.8, 4) is 16.3 Å². The van der Waals surface area contributed by atoms with Gasteiger partial charge in [0.1, 0.15) is 11.6 Å². The highest BCUT2D eigenvalue weighted by molar-refractivity contribution is 7.18. The molecule has 1 N–H and O–H groups in total. The number of hydrogen-bond donors (Lipinski definition) is 1. The molecule has 0 unspecified atom stereocenters. The molecule has 0 aliphatic heterocycles. The van der Waals surface area contributed by atoms with Crippen molar-refractivity contribution in [2.75, 3.05) is 12.4 Å². The standard InChI is InChI=1S/C16H12FN3O2S/c1-22-13-9-5-3-7-11(13)14(21)18-16-20-19-15(23-16)10-6-2-4-8-12(10)17/h2-9H,1H3,(H,18,20,21). The van der Waals surface area contributed by atoms with Crippen LogP contribution in [-0.4, -0.2) is 23.2 Å². The fourth-order valence-corrected chi connectivity index (χ4v) is 2.78. The molecule has 1 amide bonds. The molecule has 3 rings (SSSR count). The summed E-state index contributed by atoms with van der Waals surface area (Å²) in [6.45, 7) is 0. The van der Waals surface area contributed by atoms with E-state index in [-0.39, 0.29) is 11.7 Å². The van der Waals surface area contributed by atoms with Crippen molar-refractivity contribution >= 4 is 22.4 Å². The number of carbonyl (C=O) groups is 1. The molecule has 3 aromatic rings. The predicted octanol–water partition coefficient (Wildman–Crippen LogP) is 3.61. The van der Waals surface area contributed by atoms with Crippen molar-refractivity contribution in [3.63, 3.8) is 0 Å². The van der Waals surface area contributed by atoms with Crippen LogP contribution in [0.1, 0.15) is 10.4 Å². The number of rotatable bonds is 4. The number of nitrogens with zero attached hydrogens (tertiary/aromatic N) is 2. The van der Waals surface area contributed by atoms with Gasteiger partial charge in [-0.25, -0.2) is 4.39 Å².